The Morgan fingerprint density at radius 1 is 1.29 bits per heavy atom. The first kappa shape index (κ1) is 9.80. The van der Waals surface area contributed by atoms with Crippen LogP contribution >= 0.6 is 0 Å². The van der Waals surface area contributed by atoms with Gasteiger partial charge in [0.15, 0.2) is 0 Å². The fourth-order valence-corrected chi connectivity index (χ4v) is 0. The Kier molecular flexibility index (Phi) is 12.8. The molecule has 0 amide bonds. The zero-order valence-corrected chi connectivity index (χ0v) is 5.52. The zero-order valence-electron chi connectivity index (χ0n) is 5.52. The van der Waals surface area contributed by atoms with Gasteiger partial charge in [-0.3, -0.25) is 0 Å². The molecule has 2 nitrogen and oxygen atoms in total. The molecule has 0 saturated carbocycles. The van der Waals surface area contributed by atoms with Crippen LogP contribution in [0.15, 0.2) is 0 Å². The molecule has 0 aliphatic heterocycles. The molecule has 0 bridgehead atoms. The monoisotopic (exact) mass is 102 g/mol. The van der Waals surface area contributed by atoms with Gasteiger partial charge in [0.05, 0.1) is 0 Å². The summed E-state index contributed by atoms with van der Waals surface area (Å²) in [5.41, 5.74) is 0. The van der Waals surface area contributed by atoms with E-state index >= 15 is 0 Å². The summed E-state index contributed by atoms with van der Waals surface area (Å²) in [6.45, 7) is 1.67. The number of hydrogen-bond donors (Lipinski definition) is 1. The van der Waals surface area contributed by atoms with Crippen LogP contribution in [0.4, 0.5) is 0 Å². The first-order valence-corrected chi connectivity index (χ1v) is 2.21. The van der Waals surface area contributed by atoms with E-state index in [1.165, 1.54) is 6.21 Å². The summed E-state index contributed by atoms with van der Waals surface area (Å²) in [5, 5.41) is 6.08. The fraction of sp³-hybridized carbons (Fsp3) is 0.800. The Morgan fingerprint density at radius 3 is 1.29 bits per heavy atom. The van der Waals surface area contributed by atoms with Crippen LogP contribution in [-0.4, -0.2) is 32.3 Å². The van der Waals surface area contributed by atoms with Crippen LogP contribution in [0.25, 0.3) is 0 Å². The van der Waals surface area contributed by atoms with Gasteiger partial charge in [0.25, 0.3) is 0 Å². The van der Waals surface area contributed by atoms with Gasteiger partial charge in [-0.2, -0.15) is 0 Å². The first-order valence-electron chi connectivity index (χ1n) is 2.21. The van der Waals surface area contributed by atoms with Crippen molar-refractivity contribution in [3.8, 4) is 0 Å². The third-order valence-corrected chi connectivity index (χ3v) is 0. The summed E-state index contributed by atoms with van der Waals surface area (Å²) in [7, 11) is 6.00. The zero-order chi connectivity index (χ0) is 6.28. The van der Waals surface area contributed by atoms with E-state index in [1.54, 1.807) is 6.92 Å². The summed E-state index contributed by atoms with van der Waals surface area (Å²) in [6.07, 6.45) is 1.25. The van der Waals surface area contributed by atoms with Crippen molar-refractivity contribution in [2.75, 3.05) is 21.1 Å². The minimum atomic E-state index is 1.25. The van der Waals surface area contributed by atoms with Crippen molar-refractivity contribution in [1.29, 1.82) is 5.41 Å². The Morgan fingerprint density at radius 2 is 1.29 bits per heavy atom. The minimum Gasteiger partial charge on any atom is -0.313 e. The highest BCUT2D eigenvalue weighted by Gasteiger charge is 1.58. The van der Waals surface area contributed by atoms with Gasteiger partial charge < -0.3 is 10.3 Å². The lowest BCUT2D eigenvalue weighted by Gasteiger charge is -1.90. The van der Waals surface area contributed by atoms with Gasteiger partial charge in [-0.15, -0.1) is 0 Å². The van der Waals surface area contributed by atoms with Crippen molar-refractivity contribution in [2.24, 2.45) is 0 Å². The first-order chi connectivity index (χ1) is 3.15. The van der Waals surface area contributed by atoms with E-state index in [0.717, 1.165) is 0 Å². The second-order valence-electron chi connectivity index (χ2n) is 1.63. The van der Waals surface area contributed by atoms with Crippen molar-refractivity contribution in [1.82, 2.24) is 4.90 Å². The molecular weight excluding hydrogens is 88.1 g/mol. The average Bonchev–Trinajstić information content (AvgIpc) is 1.33. The molecule has 0 atom stereocenters. The van der Waals surface area contributed by atoms with E-state index in [4.69, 9.17) is 5.41 Å². The predicted molar refractivity (Wildman–Crippen MR) is 34.1 cm³/mol. The van der Waals surface area contributed by atoms with Crippen molar-refractivity contribution in [3.05, 3.63) is 0 Å². The highest BCUT2D eigenvalue weighted by atomic mass is 15.0. The van der Waals surface area contributed by atoms with Crippen LogP contribution in [0.3, 0.4) is 0 Å². The second kappa shape index (κ2) is 9.16. The Bertz CT molecular complexity index is 30.3. The fourth-order valence-electron chi connectivity index (χ4n) is 0. The van der Waals surface area contributed by atoms with Gasteiger partial charge in [0.2, 0.25) is 0 Å². The molecule has 0 aromatic carbocycles. The predicted octanol–water partition coefficient (Wildman–Crippen LogP) is 0.834. The lowest BCUT2D eigenvalue weighted by atomic mass is 10.9. The largest absolute Gasteiger partial charge is 0.313 e. The SMILES string of the molecule is CC=N.CN(C)C. The van der Waals surface area contributed by atoms with E-state index in [-0.39, 0.29) is 0 Å². The van der Waals surface area contributed by atoms with Gasteiger partial charge >= 0.3 is 0 Å². The van der Waals surface area contributed by atoms with Crippen LogP contribution in [-0.2, 0) is 0 Å². The van der Waals surface area contributed by atoms with Crippen LogP contribution in [0.1, 0.15) is 6.92 Å². The lowest BCUT2D eigenvalue weighted by Crippen LogP contribution is -1.99. The summed E-state index contributed by atoms with van der Waals surface area (Å²) in [4.78, 5) is 2.00. The van der Waals surface area contributed by atoms with Crippen molar-refractivity contribution in [2.45, 2.75) is 6.92 Å². The van der Waals surface area contributed by atoms with Crippen molar-refractivity contribution < 1.29 is 0 Å². The van der Waals surface area contributed by atoms with Gasteiger partial charge in [-0.1, -0.05) is 0 Å². The van der Waals surface area contributed by atoms with Crippen LogP contribution in [0.5, 0.6) is 0 Å². The third-order valence-electron chi connectivity index (χ3n) is 0. The maximum Gasteiger partial charge on any atom is -0.00788 e. The van der Waals surface area contributed by atoms with Crippen LogP contribution in [0.2, 0.25) is 0 Å². The number of nitrogens with zero attached hydrogens (tertiary/aromatic N) is 1. The second-order valence-corrected chi connectivity index (χ2v) is 1.63. The van der Waals surface area contributed by atoms with Crippen LogP contribution in [0, 0.1) is 5.41 Å². The van der Waals surface area contributed by atoms with Crippen molar-refractivity contribution in [3.63, 3.8) is 0 Å². The molecular formula is C5H14N2. The normalized spacial score (nSPS) is 7.00. The summed E-state index contributed by atoms with van der Waals surface area (Å²) in [5.74, 6) is 0. The average molecular weight is 102 g/mol. The van der Waals surface area contributed by atoms with E-state index in [0.29, 0.717) is 0 Å². The number of rotatable bonds is 0. The van der Waals surface area contributed by atoms with Crippen molar-refractivity contribution >= 4 is 6.21 Å². The molecule has 2 heteroatoms. The number of hydrogen-bond acceptors (Lipinski definition) is 2. The molecule has 0 rings (SSSR count). The van der Waals surface area contributed by atoms with E-state index in [2.05, 4.69) is 0 Å². The van der Waals surface area contributed by atoms with Gasteiger partial charge in [-0.05, 0) is 34.3 Å². The standard InChI is InChI=1S/C3H9N.C2H5N/c1-4(2)3;1-2-3/h1-3H3;2-3H,1H3. The molecule has 44 valence electrons. The maximum atomic E-state index is 6.08. The van der Waals surface area contributed by atoms with Gasteiger partial charge in [0.1, 0.15) is 0 Å². The van der Waals surface area contributed by atoms with E-state index in [1.807, 2.05) is 26.0 Å². The molecule has 0 saturated heterocycles. The summed E-state index contributed by atoms with van der Waals surface area (Å²) >= 11 is 0. The molecule has 0 heterocycles. The molecule has 0 fully saturated rings. The van der Waals surface area contributed by atoms with Crippen LogP contribution < -0.4 is 0 Å². The smallest absolute Gasteiger partial charge is 0.00788 e. The molecule has 0 aliphatic rings. The van der Waals surface area contributed by atoms with E-state index < -0.39 is 0 Å². The lowest BCUT2D eigenvalue weighted by molar-refractivity contribution is 0.505. The van der Waals surface area contributed by atoms with Gasteiger partial charge in [0, 0.05) is 0 Å². The Balaban J connectivity index is 0. The van der Waals surface area contributed by atoms with E-state index in [9.17, 15) is 0 Å². The molecule has 0 unspecified atom stereocenters. The maximum absolute atomic E-state index is 6.08. The highest BCUT2D eigenvalue weighted by Crippen LogP contribution is 1.47. The molecule has 0 spiro atoms. The highest BCUT2D eigenvalue weighted by molar-refractivity contribution is 5.48. The molecule has 1 N–H and O–H groups in total. The molecule has 0 radical (unpaired) electrons. The quantitative estimate of drug-likeness (QED) is 0.451. The number of nitrogens with one attached hydrogen (secondary N) is 1. The summed E-state index contributed by atoms with van der Waals surface area (Å²) < 4.78 is 0. The molecule has 0 aromatic rings. The molecule has 7 heavy (non-hydrogen) atoms. The topological polar surface area (TPSA) is 27.1 Å². The minimum absolute atomic E-state index is 1.25. The summed E-state index contributed by atoms with van der Waals surface area (Å²) in [6, 6.07) is 0. The Labute approximate surface area is 45.7 Å². The Hall–Kier alpha value is -0.370. The molecule has 0 aliphatic carbocycles. The third kappa shape index (κ3) is 542. The van der Waals surface area contributed by atoms with Gasteiger partial charge in [-0.25, -0.2) is 0 Å². The molecule has 0 aromatic heterocycles.